The van der Waals surface area contributed by atoms with E-state index in [0.29, 0.717) is 28.5 Å². The Balaban J connectivity index is 1.61. The van der Waals surface area contributed by atoms with E-state index >= 15 is 0 Å². The van der Waals surface area contributed by atoms with Crippen LogP contribution in [0, 0.1) is 0 Å². The average molecular weight is 459 g/mol. The van der Waals surface area contributed by atoms with Gasteiger partial charge in [-0.05, 0) is 60.5 Å². The second-order valence-corrected chi connectivity index (χ2v) is 9.21. The van der Waals surface area contributed by atoms with Gasteiger partial charge in [-0.15, -0.1) is 0 Å². The molecule has 3 aromatic carbocycles. The van der Waals surface area contributed by atoms with Crippen LogP contribution in [-0.4, -0.2) is 25.4 Å². The number of carbonyl (C=O) groups is 1. The van der Waals surface area contributed by atoms with E-state index in [9.17, 15) is 13.2 Å². The molecule has 0 saturated heterocycles. The van der Waals surface area contributed by atoms with Gasteiger partial charge in [0.25, 0.3) is 0 Å². The van der Waals surface area contributed by atoms with Crippen molar-refractivity contribution >= 4 is 27.7 Å². The van der Waals surface area contributed by atoms with Crippen molar-refractivity contribution in [3.63, 3.8) is 0 Å². The van der Waals surface area contributed by atoms with Gasteiger partial charge in [0.1, 0.15) is 11.5 Å². The molecular weight excluding hydrogens is 440 g/mol. The van der Waals surface area contributed by atoms with Gasteiger partial charge in [-0.1, -0.05) is 35.9 Å². The third-order valence-electron chi connectivity index (χ3n) is 4.89. The molecule has 9 heteroatoms. The highest BCUT2D eigenvalue weighted by atomic mass is 35.5. The van der Waals surface area contributed by atoms with E-state index in [1.54, 1.807) is 48.5 Å². The van der Waals surface area contributed by atoms with Crippen molar-refractivity contribution in [2.75, 3.05) is 6.54 Å². The summed E-state index contributed by atoms with van der Waals surface area (Å²) < 4.78 is 38.7. The summed E-state index contributed by atoms with van der Waals surface area (Å²) in [6.45, 7) is 0.153. The molecule has 2 N–H and O–H groups in total. The molecule has 0 aliphatic carbocycles. The number of nitrogens with two attached hydrogens (primary N) is 1. The Morgan fingerprint density at radius 3 is 2.23 bits per heavy atom. The largest absolute Gasteiger partial charge is 0.457 e. The summed E-state index contributed by atoms with van der Waals surface area (Å²) in [5.74, 6) is 1.04. The number of sulfonamides is 1. The number of hydrogen-bond acceptors (Lipinski definition) is 5. The molecule has 31 heavy (non-hydrogen) atoms. The molecule has 1 atom stereocenters. The third-order valence-corrected chi connectivity index (χ3v) is 7.00. The maximum atomic E-state index is 13.3. The molecule has 1 amide bonds. The van der Waals surface area contributed by atoms with Gasteiger partial charge >= 0.3 is 6.09 Å². The quantitative estimate of drug-likeness (QED) is 0.608. The van der Waals surface area contributed by atoms with Crippen molar-refractivity contribution in [2.24, 2.45) is 5.73 Å². The van der Waals surface area contributed by atoms with Crippen LogP contribution in [0.2, 0.25) is 5.02 Å². The maximum absolute atomic E-state index is 13.3. The van der Waals surface area contributed by atoms with Gasteiger partial charge in [-0.3, -0.25) is 0 Å². The number of halogens is 1. The summed E-state index contributed by atoms with van der Waals surface area (Å²) in [5, 5.41) is 0.588. The summed E-state index contributed by atoms with van der Waals surface area (Å²) in [6, 6.07) is 20.0. The Morgan fingerprint density at radius 1 is 0.968 bits per heavy atom. The van der Waals surface area contributed by atoms with E-state index in [0.717, 1.165) is 9.87 Å². The average Bonchev–Trinajstić information content (AvgIpc) is 2.75. The summed E-state index contributed by atoms with van der Waals surface area (Å²) in [6.07, 6.45) is -1.68. The van der Waals surface area contributed by atoms with Gasteiger partial charge in [-0.25, -0.2) is 13.2 Å². The zero-order valence-electron chi connectivity index (χ0n) is 16.3. The van der Waals surface area contributed by atoms with E-state index in [1.807, 2.05) is 12.1 Å². The van der Waals surface area contributed by atoms with Gasteiger partial charge in [0.2, 0.25) is 10.0 Å². The molecule has 0 spiro atoms. The third kappa shape index (κ3) is 4.51. The van der Waals surface area contributed by atoms with Crippen LogP contribution in [-0.2, 0) is 21.2 Å². The Hall–Kier alpha value is -3.07. The van der Waals surface area contributed by atoms with Crippen LogP contribution in [0.3, 0.4) is 0 Å². The fraction of sp³-hybridized carbons (Fsp3) is 0.136. The van der Waals surface area contributed by atoms with Crippen LogP contribution >= 0.6 is 11.6 Å². The summed E-state index contributed by atoms with van der Waals surface area (Å²) >= 11 is 5.87. The molecule has 1 heterocycles. The highest BCUT2D eigenvalue weighted by Gasteiger charge is 2.38. The topological polar surface area (TPSA) is 98.9 Å². The zero-order chi connectivity index (χ0) is 22.0. The fourth-order valence-electron chi connectivity index (χ4n) is 3.44. The van der Waals surface area contributed by atoms with E-state index in [2.05, 4.69) is 0 Å². The first-order valence-electron chi connectivity index (χ1n) is 9.44. The lowest BCUT2D eigenvalue weighted by molar-refractivity contribution is 0.0295. The second kappa shape index (κ2) is 8.58. The van der Waals surface area contributed by atoms with Crippen molar-refractivity contribution < 1.29 is 22.7 Å². The number of ether oxygens (including phenoxy) is 2. The Kier molecular flexibility index (Phi) is 5.86. The summed E-state index contributed by atoms with van der Waals surface area (Å²) in [5.41, 5.74) is 6.72. The minimum atomic E-state index is -3.97. The Bertz CT molecular complexity index is 1200. The van der Waals surface area contributed by atoms with Crippen LogP contribution < -0.4 is 10.5 Å². The predicted octanol–water partition coefficient (Wildman–Crippen LogP) is 4.47. The van der Waals surface area contributed by atoms with Crippen LogP contribution in [0.15, 0.2) is 77.7 Å². The van der Waals surface area contributed by atoms with E-state index in [1.165, 1.54) is 12.1 Å². The number of carbonyl (C=O) groups excluding carboxylic acids is 1. The highest BCUT2D eigenvalue weighted by Crippen LogP contribution is 2.35. The lowest BCUT2D eigenvalue weighted by Crippen LogP contribution is -2.42. The monoisotopic (exact) mass is 458 g/mol. The molecule has 1 aliphatic rings. The number of nitrogens with zero attached hydrogens (tertiary/aromatic N) is 1. The number of amides is 1. The molecule has 3 aromatic rings. The van der Waals surface area contributed by atoms with E-state index in [4.69, 9.17) is 26.8 Å². The maximum Gasteiger partial charge on any atom is 0.406 e. The first-order chi connectivity index (χ1) is 14.8. The smallest absolute Gasteiger partial charge is 0.406 e. The van der Waals surface area contributed by atoms with Crippen molar-refractivity contribution in [3.8, 4) is 11.5 Å². The van der Waals surface area contributed by atoms with Gasteiger partial charge in [0.05, 0.1) is 4.90 Å². The van der Waals surface area contributed by atoms with Crippen molar-refractivity contribution in [2.45, 2.75) is 17.5 Å². The highest BCUT2D eigenvalue weighted by molar-refractivity contribution is 7.89. The molecule has 0 bridgehead atoms. The van der Waals surface area contributed by atoms with Crippen LogP contribution in [0.4, 0.5) is 4.79 Å². The predicted molar refractivity (Wildman–Crippen MR) is 115 cm³/mol. The number of fused-ring (bicyclic) bond motifs is 1. The van der Waals surface area contributed by atoms with Crippen molar-refractivity contribution in [3.05, 3.63) is 88.9 Å². The van der Waals surface area contributed by atoms with Crippen molar-refractivity contribution in [1.82, 2.24) is 4.31 Å². The number of primary amides is 1. The molecule has 1 aliphatic heterocycles. The number of benzene rings is 3. The van der Waals surface area contributed by atoms with E-state index in [-0.39, 0.29) is 11.4 Å². The van der Waals surface area contributed by atoms with Crippen molar-refractivity contribution in [1.29, 1.82) is 0 Å². The van der Waals surface area contributed by atoms with Gasteiger partial charge in [-0.2, -0.15) is 4.31 Å². The van der Waals surface area contributed by atoms with Gasteiger partial charge < -0.3 is 15.2 Å². The molecule has 0 fully saturated rings. The van der Waals surface area contributed by atoms with Gasteiger partial charge in [0.15, 0.2) is 6.23 Å². The van der Waals surface area contributed by atoms with Gasteiger partial charge in [0, 0.05) is 17.1 Å². The first kappa shape index (κ1) is 21.2. The fourth-order valence-corrected chi connectivity index (χ4v) is 5.06. The SMILES string of the molecule is NC(=O)O[C@@H]1c2ccccc2CCN1S(=O)(=O)c1ccc(Oc2ccc(Cl)cc2)cc1. The number of rotatable bonds is 5. The second-order valence-electron chi connectivity index (χ2n) is 6.88. The van der Waals surface area contributed by atoms with Crippen LogP contribution in [0.25, 0.3) is 0 Å². The van der Waals surface area contributed by atoms with Crippen LogP contribution in [0.5, 0.6) is 11.5 Å². The van der Waals surface area contributed by atoms with Crippen LogP contribution in [0.1, 0.15) is 17.4 Å². The standard InChI is InChI=1S/C22H19ClN2O5S/c23-16-5-7-17(8-6-16)29-18-9-11-19(12-10-18)31(27,28)25-14-13-15-3-1-2-4-20(15)21(25)30-22(24)26/h1-12,21H,13-14H2,(H2,24,26)/t21-/m1/s1. The molecule has 0 aromatic heterocycles. The molecule has 0 unspecified atom stereocenters. The molecule has 0 radical (unpaired) electrons. The summed E-state index contributed by atoms with van der Waals surface area (Å²) in [4.78, 5) is 11.5. The minimum absolute atomic E-state index is 0.0495. The molecule has 4 rings (SSSR count). The lowest BCUT2D eigenvalue weighted by Gasteiger charge is -2.35. The first-order valence-corrected chi connectivity index (χ1v) is 11.3. The summed E-state index contributed by atoms with van der Waals surface area (Å²) in [7, 11) is -3.97. The van der Waals surface area contributed by atoms with E-state index < -0.39 is 22.3 Å². The zero-order valence-corrected chi connectivity index (χ0v) is 17.8. The molecule has 0 saturated carbocycles. The Morgan fingerprint density at radius 2 is 1.58 bits per heavy atom. The minimum Gasteiger partial charge on any atom is -0.457 e. The Labute approximate surface area is 185 Å². The molecular formula is C22H19ClN2O5S. The molecule has 7 nitrogen and oxygen atoms in total. The number of hydrogen-bond donors (Lipinski definition) is 1. The normalized spacial score (nSPS) is 16.4. The lowest BCUT2D eigenvalue weighted by atomic mass is 10.00. The molecule has 160 valence electrons.